The third-order valence-electron chi connectivity index (χ3n) is 3.97. The summed E-state index contributed by atoms with van der Waals surface area (Å²) >= 11 is 6.17. The Morgan fingerprint density at radius 2 is 2.21 bits per heavy atom. The summed E-state index contributed by atoms with van der Waals surface area (Å²) in [5.74, 6) is -0.164. The van der Waals surface area contributed by atoms with Crippen molar-refractivity contribution in [3.05, 3.63) is 47.0 Å². The van der Waals surface area contributed by atoms with E-state index in [2.05, 4.69) is 4.74 Å². The van der Waals surface area contributed by atoms with E-state index in [0.717, 1.165) is 5.56 Å². The van der Waals surface area contributed by atoms with Crippen LogP contribution < -0.4 is 0 Å². The third kappa shape index (κ3) is 5.31. The molecule has 1 aliphatic rings. The van der Waals surface area contributed by atoms with Gasteiger partial charge in [-0.3, -0.25) is 4.79 Å². The first-order chi connectivity index (χ1) is 11.7. The summed E-state index contributed by atoms with van der Waals surface area (Å²) in [6.07, 6.45) is 4.75. The third-order valence-corrected chi connectivity index (χ3v) is 4.32. The molecule has 0 aromatic heterocycles. The van der Waals surface area contributed by atoms with Gasteiger partial charge in [0.2, 0.25) is 0 Å². The van der Waals surface area contributed by atoms with Crippen LogP contribution in [-0.2, 0) is 19.0 Å². The Labute approximate surface area is 147 Å². The van der Waals surface area contributed by atoms with Crippen molar-refractivity contribution in [3.63, 3.8) is 0 Å². The van der Waals surface area contributed by atoms with Crippen LogP contribution in [-0.4, -0.2) is 37.5 Å². The molecular formula is C18H23ClO5. The number of hydrogen-bond donors (Lipinski definition) is 1. The topological polar surface area (TPSA) is 65.0 Å². The average molecular weight is 355 g/mol. The highest BCUT2D eigenvalue weighted by Crippen LogP contribution is 2.34. The van der Waals surface area contributed by atoms with Crippen LogP contribution >= 0.6 is 11.6 Å². The Morgan fingerprint density at radius 1 is 1.42 bits per heavy atom. The molecule has 1 aliphatic heterocycles. The highest BCUT2D eigenvalue weighted by molar-refractivity contribution is 6.31. The van der Waals surface area contributed by atoms with Crippen molar-refractivity contribution in [3.8, 4) is 0 Å². The first kappa shape index (κ1) is 18.9. The van der Waals surface area contributed by atoms with Crippen molar-refractivity contribution in [2.24, 2.45) is 5.92 Å². The molecule has 1 N–H and O–H groups in total. The minimum Gasteiger partial charge on any atom is -0.469 e. The van der Waals surface area contributed by atoms with Gasteiger partial charge in [-0.2, -0.15) is 0 Å². The summed E-state index contributed by atoms with van der Waals surface area (Å²) in [5.41, 5.74) is 0.768. The van der Waals surface area contributed by atoms with Crippen LogP contribution in [0, 0.1) is 5.92 Å². The Hall–Kier alpha value is -1.40. The lowest BCUT2D eigenvalue weighted by Gasteiger charge is -2.35. The minimum absolute atomic E-state index is 0.0584. The lowest BCUT2D eigenvalue weighted by atomic mass is 9.98. The number of esters is 1. The van der Waals surface area contributed by atoms with Gasteiger partial charge < -0.3 is 19.3 Å². The van der Waals surface area contributed by atoms with Gasteiger partial charge in [-0.15, -0.1) is 0 Å². The quantitative estimate of drug-likeness (QED) is 0.601. The predicted molar refractivity (Wildman–Crippen MR) is 90.6 cm³/mol. The van der Waals surface area contributed by atoms with Gasteiger partial charge in [-0.1, -0.05) is 42.0 Å². The molecule has 0 spiro atoms. The number of rotatable bonds is 7. The van der Waals surface area contributed by atoms with Crippen molar-refractivity contribution in [2.45, 2.75) is 31.7 Å². The Kier molecular flexibility index (Phi) is 7.72. The van der Waals surface area contributed by atoms with Gasteiger partial charge in [0.25, 0.3) is 0 Å². The zero-order valence-corrected chi connectivity index (χ0v) is 14.4. The number of benzene rings is 1. The van der Waals surface area contributed by atoms with Gasteiger partial charge in [0.05, 0.1) is 26.4 Å². The van der Waals surface area contributed by atoms with E-state index in [9.17, 15) is 9.90 Å². The van der Waals surface area contributed by atoms with Crippen molar-refractivity contribution >= 4 is 17.6 Å². The molecule has 6 heteroatoms. The Morgan fingerprint density at radius 3 is 2.92 bits per heavy atom. The van der Waals surface area contributed by atoms with E-state index in [0.29, 0.717) is 30.9 Å². The molecule has 1 fully saturated rings. The molecule has 0 bridgehead atoms. The number of aliphatic hydroxyl groups excluding tert-OH is 1. The van der Waals surface area contributed by atoms with Crippen LogP contribution in [0.15, 0.2) is 36.4 Å². The van der Waals surface area contributed by atoms with E-state index in [1.54, 1.807) is 6.07 Å². The lowest BCUT2D eigenvalue weighted by Crippen LogP contribution is -2.38. The highest BCUT2D eigenvalue weighted by atomic mass is 35.5. The normalized spacial score (nSPS) is 24.2. The van der Waals surface area contributed by atoms with Gasteiger partial charge >= 0.3 is 5.97 Å². The minimum atomic E-state index is -0.560. The van der Waals surface area contributed by atoms with Crippen molar-refractivity contribution in [1.82, 2.24) is 0 Å². The zero-order chi connectivity index (χ0) is 17.4. The van der Waals surface area contributed by atoms with Gasteiger partial charge in [0, 0.05) is 22.9 Å². The van der Waals surface area contributed by atoms with E-state index < -0.39 is 6.29 Å². The highest BCUT2D eigenvalue weighted by Gasteiger charge is 2.32. The Bertz CT molecular complexity index is 560. The van der Waals surface area contributed by atoms with Gasteiger partial charge in [-0.05, 0) is 18.9 Å². The summed E-state index contributed by atoms with van der Waals surface area (Å²) in [6.45, 7) is 0.396. The number of ether oxygens (including phenoxy) is 3. The van der Waals surface area contributed by atoms with Crippen molar-refractivity contribution in [2.75, 3.05) is 20.3 Å². The fraction of sp³-hybridized carbons (Fsp3) is 0.500. The molecule has 2 rings (SSSR count). The summed E-state index contributed by atoms with van der Waals surface area (Å²) < 4.78 is 16.2. The molecule has 1 aromatic carbocycles. The molecule has 5 nitrogen and oxygen atoms in total. The molecule has 0 saturated carbocycles. The molecule has 3 unspecified atom stereocenters. The molecule has 0 aliphatic carbocycles. The summed E-state index contributed by atoms with van der Waals surface area (Å²) in [7, 11) is 1.38. The number of carbonyl (C=O) groups is 1. The van der Waals surface area contributed by atoms with Crippen LogP contribution in [0.25, 0.3) is 0 Å². The predicted octanol–water partition coefficient (Wildman–Crippen LogP) is 3.26. The summed E-state index contributed by atoms with van der Waals surface area (Å²) in [6, 6.07) is 7.36. The first-order valence-corrected chi connectivity index (χ1v) is 8.37. The van der Waals surface area contributed by atoms with Crippen LogP contribution in [0.3, 0.4) is 0 Å². The number of methoxy groups -OCH3 is 1. The standard InChI is InChI=1S/C18H23ClO5/c1-22-17(21)10-4-2-3-7-13-12-23-18(24-16(13)11-20)14-8-5-6-9-15(14)19/h2-3,5-6,8-9,13,16,18,20H,4,7,10-12H2,1H3. The van der Waals surface area contributed by atoms with Crippen molar-refractivity contribution in [1.29, 1.82) is 0 Å². The van der Waals surface area contributed by atoms with E-state index in [1.807, 2.05) is 30.4 Å². The summed E-state index contributed by atoms with van der Waals surface area (Å²) in [4.78, 5) is 11.0. The van der Waals surface area contributed by atoms with E-state index in [1.165, 1.54) is 7.11 Å². The number of halogens is 1. The second-order valence-corrected chi connectivity index (χ2v) is 6.03. The van der Waals surface area contributed by atoms with Gasteiger partial charge in [0.1, 0.15) is 0 Å². The molecule has 132 valence electrons. The number of aliphatic hydroxyl groups is 1. The van der Waals surface area contributed by atoms with Gasteiger partial charge in [-0.25, -0.2) is 0 Å². The van der Waals surface area contributed by atoms with E-state index in [-0.39, 0.29) is 24.6 Å². The fourth-order valence-corrected chi connectivity index (χ4v) is 2.79. The Balaban J connectivity index is 1.85. The largest absolute Gasteiger partial charge is 0.469 e. The number of hydrogen-bond acceptors (Lipinski definition) is 5. The molecule has 0 radical (unpaired) electrons. The van der Waals surface area contributed by atoms with E-state index in [4.69, 9.17) is 21.1 Å². The van der Waals surface area contributed by atoms with Crippen LogP contribution in [0.5, 0.6) is 0 Å². The maximum Gasteiger partial charge on any atom is 0.305 e. The van der Waals surface area contributed by atoms with Crippen LogP contribution in [0.1, 0.15) is 31.1 Å². The number of allylic oxidation sites excluding steroid dienone is 2. The van der Waals surface area contributed by atoms with Crippen LogP contribution in [0.4, 0.5) is 0 Å². The van der Waals surface area contributed by atoms with Gasteiger partial charge in [0.15, 0.2) is 6.29 Å². The molecule has 1 aromatic rings. The maximum absolute atomic E-state index is 11.0. The number of carbonyl (C=O) groups excluding carboxylic acids is 1. The van der Waals surface area contributed by atoms with Crippen molar-refractivity contribution < 1.29 is 24.1 Å². The molecule has 1 heterocycles. The molecule has 24 heavy (non-hydrogen) atoms. The second-order valence-electron chi connectivity index (χ2n) is 5.63. The molecule has 0 amide bonds. The summed E-state index contributed by atoms with van der Waals surface area (Å²) in [5, 5.41) is 10.2. The zero-order valence-electron chi connectivity index (χ0n) is 13.7. The van der Waals surface area contributed by atoms with Crippen LogP contribution in [0.2, 0.25) is 5.02 Å². The van der Waals surface area contributed by atoms with E-state index >= 15 is 0 Å². The molecular weight excluding hydrogens is 332 g/mol. The average Bonchev–Trinajstić information content (AvgIpc) is 2.61. The fourth-order valence-electron chi connectivity index (χ4n) is 2.56. The molecule has 1 saturated heterocycles. The maximum atomic E-state index is 11.0. The SMILES string of the molecule is COC(=O)CCC=CCC1COC(c2ccccc2Cl)OC1CO. The monoisotopic (exact) mass is 354 g/mol. The lowest BCUT2D eigenvalue weighted by molar-refractivity contribution is -0.247. The second kappa shape index (κ2) is 9.79. The molecule has 3 atom stereocenters. The smallest absolute Gasteiger partial charge is 0.305 e. The first-order valence-electron chi connectivity index (χ1n) is 7.99.